The molecule has 2 aliphatic rings. The number of ether oxygens (including phenoxy) is 1. The Bertz CT molecular complexity index is 3190. The second-order valence-corrected chi connectivity index (χ2v) is 24.1. The van der Waals surface area contributed by atoms with Gasteiger partial charge in [0, 0.05) is 17.1 Å². The molecule has 0 atom stereocenters. The van der Waals surface area contributed by atoms with Gasteiger partial charge in [-0.3, -0.25) is 0 Å². The molecule has 0 saturated heterocycles. The zero-order chi connectivity index (χ0) is 42.5. The first-order valence-electron chi connectivity index (χ1n) is 22.1. The first kappa shape index (κ1) is 38.0. The molecule has 1 spiro atoms. The van der Waals surface area contributed by atoms with Crippen molar-refractivity contribution in [2.75, 3.05) is 4.90 Å². The van der Waals surface area contributed by atoms with Gasteiger partial charge in [-0.1, -0.05) is 212 Å². The molecular weight excluding hydrogens is 807 g/mol. The smallest absolute Gasteiger partial charge is 0.188 e. The Kier molecular flexibility index (Phi) is 9.22. The first-order chi connectivity index (χ1) is 31.7. The van der Waals surface area contributed by atoms with Crippen LogP contribution in [0.4, 0.5) is 17.1 Å². The van der Waals surface area contributed by atoms with E-state index in [0.717, 1.165) is 34.1 Å². The summed E-state index contributed by atoms with van der Waals surface area (Å²) in [5.41, 5.74) is 8.07. The summed E-state index contributed by atoms with van der Waals surface area (Å²) in [5, 5.41) is 11.2. The highest BCUT2D eigenvalue weighted by atomic mass is 28.3. The lowest BCUT2D eigenvalue weighted by atomic mass is 10.0. The lowest BCUT2D eigenvalue weighted by Gasteiger charge is -2.50. The van der Waals surface area contributed by atoms with Crippen LogP contribution >= 0.6 is 0 Å². The van der Waals surface area contributed by atoms with Crippen molar-refractivity contribution in [3.8, 4) is 33.8 Å². The van der Waals surface area contributed by atoms with Crippen LogP contribution < -0.4 is 51.1 Å². The van der Waals surface area contributed by atoms with Crippen molar-refractivity contribution < 1.29 is 4.74 Å². The Morgan fingerprint density at radius 1 is 0.250 bits per heavy atom. The molecular formula is C60H43NOSi2. The van der Waals surface area contributed by atoms with Gasteiger partial charge in [-0.05, 0) is 112 Å². The average Bonchev–Trinajstić information content (AvgIpc) is 3.38. The van der Waals surface area contributed by atoms with Gasteiger partial charge in [0.05, 0.1) is 0 Å². The van der Waals surface area contributed by atoms with Crippen molar-refractivity contribution in [1.29, 1.82) is 0 Å². The van der Waals surface area contributed by atoms with Crippen LogP contribution in [0.25, 0.3) is 22.3 Å². The highest BCUT2D eigenvalue weighted by Crippen LogP contribution is 2.38. The Morgan fingerprint density at radius 2 is 0.609 bits per heavy atom. The molecule has 64 heavy (non-hydrogen) atoms. The zero-order valence-electron chi connectivity index (χ0n) is 35.2. The fourth-order valence-electron chi connectivity index (χ4n) is 10.8. The summed E-state index contributed by atoms with van der Waals surface area (Å²) >= 11 is 0. The van der Waals surface area contributed by atoms with Gasteiger partial charge < -0.3 is 9.64 Å². The number of rotatable bonds is 7. The van der Waals surface area contributed by atoms with Crippen molar-refractivity contribution in [2.24, 2.45) is 0 Å². The summed E-state index contributed by atoms with van der Waals surface area (Å²) in [4.78, 5) is 2.34. The van der Waals surface area contributed by atoms with E-state index in [4.69, 9.17) is 4.74 Å². The quantitative estimate of drug-likeness (QED) is 0.148. The number of anilines is 3. The Labute approximate surface area is 377 Å². The third-order valence-corrected chi connectivity index (χ3v) is 23.8. The number of nitrogens with zero attached hydrogens (tertiary/aromatic N) is 1. The lowest BCUT2D eigenvalue weighted by Crippen LogP contribution is -2.93. The highest BCUT2D eigenvalue weighted by molar-refractivity contribution is 7.33. The van der Waals surface area contributed by atoms with E-state index in [-0.39, 0.29) is 0 Å². The normalized spacial score (nSPS) is 13.7. The third-order valence-electron chi connectivity index (χ3n) is 13.5. The van der Waals surface area contributed by atoms with E-state index in [1.165, 1.54) is 58.2 Å². The Morgan fingerprint density at radius 3 is 1.14 bits per heavy atom. The third kappa shape index (κ3) is 5.84. The zero-order valence-corrected chi connectivity index (χ0v) is 37.2. The minimum atomic E-state index is -3.02. The van der Waals surface area contributed by atoms with Crippen molar-refractivity contribution in [3.05, 3.63) is 261 Å². The summed E-state index contributed by atoms with van der Waals surface area (Å²) < 4.78 is 6.97. The van der Waals surface area contributed by atoms with Crippen LogP contribution in [0.15, 0.2) is 261 Å². The maximum Gasteiger partial charge on any atom is 0.188 e. The number of hydrogen-bond donors (Lipinski definition) is 0. The minimum Gasteiger partial charge on any atom is -0.458 e. The molecule has 302 valence electrons. The molecule has 2 nitrogen and oxygen atoms in total. The molecule has 0 saturated carbocycles. The van der Waals surface area contributed by atoms with Gasteiger partial charge in [0.25, 0.3) is 0 Å². The van der Waals surface area contributed by atoms with E-state index in [1.54, 1.807) is 0 Å². The van der Waals surface area contributed by atoms with Crippen molar-refractivity contribution >= 4 is 74.7 Å². The largest absolute Gasteiger partial charge is 0.458 e. The standard InChI is InChI=1S/C60H43NOSi2/c1-5-19-44(20-6-1)45-33-38-49(39-34-45)61(48-21-7-2-8-22-48)50-40-35-46(36-41-50)47-37-42-54-60(43-47)64(55-28-14-13-27-53(55)62-54)58-31-17-15-29-56(58)63(51-23-9-3-10-24-51,52-25-11-4-12-26-52)57-30-16-18-32-59(57)64/h1-43H. The van der Waals surface area contributed by atoms with E-state index < -0.39 is 16.1 Å². The van der Waals surface area contributed by atoms with Crippen molar-refractivity contribution in [3.63, 3.8) is 0 Å². The van der Waals surface area contributed by atoms with Crippen molar-refractivity contribution in [2.45, 2.75) is 0 Å². The Hall–Kier alpha value is -7.77. The first-order valence-corrected chi connectivity index (χ1v) is 26.1. The van der Waals surface area contributed by atoms with Gasteiger partial charge in [0.1, 0.15) is 11.5 Å². The van der Waals surface area contributed by atoms with Gasteiger partial charge in [-0.25, -0.2) is 0 Å². The molecule has 0 N–H and O–H groups in total. The molecule has 0 radical (unpaired) electrons. The number of fused-ring (bicyclic) bond motifs is 8. The van der Waals surface area contributed by atoms with Crippen LogP contribution in [-0.4, -0.2) is 16.1 Å². The van der Waals surface area contributed by atoms with Crippen LogP contribution in [0.1, 0.15) is 0 Å². The molecule has 2 heterocycles. The van der Waals surface area contributed by atoms with Crippen molar-refractivity contribution in [1.82, 2.24) is 0 Å². The van der Waals surface area contributed by atoms with Gasteiger partial charge in [-0.15, -0.1) is 0 Å². The van der Waals surface area contributed by atoms with Crippen LogP contribution in [0.2, 0.25) is 0 Å². The summed E-state index contributed by atoms with van der Waals surface area (Å²) in [7, 11) is -5.83. The van der Waals surface area contributed by atoms with E-state index in [1.807, 2.05) is 0 Å². The molecule has 4 heteroatoms. The summed E-state index contributed by atoms with van der Waals surface area (Å²) in [6, 6.07) is 96.5. The van der Waals surface area contributed by atoms with E-state index in [2.05, 4.69) is 266 Å². The molecule has 0 aliphatic carbocycles. The Balaban J connectivity index is 1.04. The lowest BCUT2D eigenvalue weighted by molar-refractivity contribution is 0.487. The van der Waals surface area contributed by atoms with Crippen LogP contribution in [0.3, 0.4) is 0 Å². The van der Waals surface area contributed by atoms with Crippen LogP contribution in [-0.2, 0) is 0 Å². The van der Waals surface area contributed by atoms with E-state index in [0.29, 0.717) is 0 Å². The van der Waals surface area contributed by atoms with E-state index in [9.17, 15) is 0 Å². The summed E-state index contributed by atoms with van der Waals surface area (Å²) in [5.74, 6) is 1.90. The molecule has 0 unspecified atom stereocenters. The van der Waals surface area contributed by atoms with Gasteiger partial charge >= 0.3 is 0 Å². The topological polar surface area (TPSA) is 12.5 Å². The SMILES string of the molecule is c1ccc(-c2ccc(N(c3ccccc3)c3ccc(-c4ccc5c(c4)[Si]4(c6ccccc6O5)c5ccccc5[Si](c5ccccc5)(c5ccccc5)c5ccccc54)cc3)cc2)cc1. The number of hydrogen-bond acceptors (Lipinski definition) is 2. The van der Waals surface area contributed by atoms with Crippen LogP contribution in [0, 0.1) is 0 Å². The summed E-state index contributed by atoms with van der Waals surface area (Å²) in [6.07, 6.45) is 0. The molecule has 0 amide bonds. The highest BCUT2D eigenvalue weighted by Gasteiger charge is 2.59. The molecule has 10 aromatic carbocycles. The van der Waals surface area contributed by atoms with E-state index >= 15 is 0 Å². The molecule has 10 aromatic rings. The summed E-state index contributed by atoms with van der Waals surface area (Å²) in [6.45, 7) is 0. The fraction of sp³-hybridized carbons (Fsp3) is 0. The predicted octanol–water partition coefficient (Wildman–Crippen LogP) is 9.66. The number of benzene rings is 10. The average molecular weight is 850 g/mol. The molecule has 0 fully saturated rings. The van der Waals surface area contributed by atoms with Gasteiger partial charge in [0.2, 0.25) is 0 Å². The maximum atomic E-state index is 6.97. The molecule has 2 aliphatic heterocycles. The van der Waals surface area contributed by atoms with Gasteiger partial charge in [-0.2, -0.15) is 0 Å². The minimum absolute atomic E-state index is 0.943. The van der Waals surface area contributed by atoms with Gasteiger partial charge in [0.15, 0.2) is 16.1 Å². The fourth-order valence-corrected chi connectivity index (χ4v) is 23.1. The van der Waals surface area contributed by atoms with Crippen LogP contribution in [0.5, 0.6) is 11.5 Å². The monoisotopic (exact) mass is 849 g/mol. The molecule has 0 aromatic heterocycles. The maximum absolute atomic E-state index is 6.97. The second kappa shape index (κ2) is 15.5. The molecule has 12 rings (SSSR count). The number of para-hydroxylation sites is 2. The molecule has 0 bridgehead atoms. The predicted molar refractivity (Wildman–Crippen MR) is 273 cm³/mol. The second-order valence-electron chi connectivity index (χ2n) is 16.8.